The van der Waals surface area contributed by atoms with Gasteiger partial charge in [-0.05, 0) is 24.6 Å². The van der Waals surface area contributed by atoms with Gasteiger partial charge in [0, 0.05) is 18.9 Å². The monoisotopic (exact) mass is 265 g/mol. The van der Waals surface area contributed by atoms with Crippen LogP contribution in [0.2, 0.25) is 0 Å². The van der Waals surface area contributed by atoms with Crippen molar-refractivity contribution in [2.45, 2.75) is 13.5 Å². The smallest absolute Gasteiger partial charge is 0.255 e. The second-order valence-corrected chi connectivity index (χ2v) is 4.70. The number of nitrogens with one attached hydrogen (secondary N) is 1. The summed E-state index contributed by atoms with van der Waals surface area (Å²) < 4.78 is 1.87. The normalized spacial score (nSPS) is 10.7. The maximum Gasteiger partial charge on any atom is 0.255 e. The van der Waals surface area contributed by atoms with Crippen LogP contribution >= 0.6 is 0 Å². The molecule has 0 radical (unpaired) electrons. The minimum atomic E-state index is -0.106. The molecule has 0 aliphatic heterocycles. The van der Waals surface area contributed by atoms with Crippen molar-refractivity contribution in [1.29, 1.82) is 0 Å². The molecule has 0 unspecified atom stereocenters. The summed E-state index contributed by atoms with van der Waals surface area (Å²) in [4.78, 5) is 16.7. The molecule has 4 nitrogen and oxygen atoms in total. The van der Waals surface area contributed by atoms with Crippen molar-refractivity contribution in [3.8, 4) is 0 Å². The highest BCUT2D eigenvalue weighted by atomic mass is 16.1. The Morgan fingerprint density at radius 2 is 2.00 bits per heavy atom. The number of imidazole rings is 1. The molecule has 0 atom stereocenters. The van der Waals surface area contributed by atoms with Gasteiger partial charge in [0.05, 0.1) is 11.3 Å². The zero-order valence-corrected chi connectivity index (χ0v) is 11.2. The zero-order valence-electron chi connectivity index (χ0n) is 11.2. The van der Waals surface area contributed by atoms with E-state index in [1.54, 1.807) is 6.07 Å². The number of aryl methyl sites for hydroxylation is 1. The molecule has 4 heteroatoms. The lowest BCUT2D eigenvalue weighted by Crippen LogP contribution is -2.23. The molecule has 0 aliphatic rings. The maximum absolute atomic E-state index is 12.3. The molecule has 3 aromatic rings. The molecule has 2 heterocycles. The van der Waals surface area contributed by atoms with E-state index >= 15 is 0 Å². The van der Waals surface area contributed by atoms with Crippen LogP contribution in [-0.4, -0.2) is 15.3 Å². The number of hydrogen-bond donors (Lipinski definition) is 1. The Morgan fingerprint density at radius 3 is 2.80 bits per heavy atom. The Bertz CT molecular complexity index is 747. The lowest BCUT2D eigenvalue weighted by atomic mass is 10.2. The number of aromatic nitrogens is 2. The summed E-state index contributed by atoms with van der Waals surface area (Å²) in [6.07, 6.45) is 3.80. The number of carbonyl (C=O) groups is 1. The number of fused-ring (bicyclic) bond motifs is 1. The highest BCUT2D eigenvalue weighted by Crippen LogP contribution is 2.11. The Labute approximate surface area is 117 Å². The molecule has 3 rings (SSSR count). The van der Waals surface area contributed by atoms with E-state index in [1.165, 1.54) is 0 Å². The van der Waals surface area contributed by atoms with Crippen molar-refractivity contribution >= 4 is 11.6 Å². The van der Waals surface area contributed by atoms with Gasteiger partial charge in [-0.15, -0.1) is 0 Å². The summed E-state index contributed by atoms with van der Waals surface area (Å²) >= 11 is 0. The first-order valence-corrected chi connectivity index (χ1v) is 6.50. The van der Waals surface area contributed by atoms with Crippen molar-refractivity contribution in [2.75, 3.05) is 0 Å². The number of nitrogens with zero attached hydrogens (tertiary/aromatic N) is 2. The zero-order chi connectivity index (χ0) is 13.9. The second-order valence-electron chi connectivity index (χ2n) is 4.70. The minimum Gasteiger partial charge on any atom is -0.348 e. The summed E-state index contributed by atoms with van der Waals surface area (Å²) in [5.41, 5.74) is 3.26. The summed E-state index contributed by atoms with van der Waals surface area (Å²) in [5, 5.41) is 2.92. The van der Waals surface area contributed by atoms with Crippen molar-refractivity contribution in [2.24, 2.45) is 0 Å². The van der Waals surface area contributed by atoms with Crippen LogP contribution in [0.3, 0.4) is 0 Å². The molecule has 0 saturated heterocycles. The van der Waals surface area contributed by atoms with Gasteiger partial charge in [0.15, 0.2) is 0 Å². The van der Waals surface area contributed by atoms with Crippen LogP contribution in [0, 0.1) is 6.92 Å². The Hall–Kier alpha value is -2.62. The number of pyridine rings is 1. The van der Waals surface area contributed by atoms with Crippen molar-refractivity contribution in [1.82, 2.24) is 14.7 Å². The van der Waals surface area contributed by atoms with Gasteiger partial charge in [-0.2, -0.15) is 0 Å². The third kappa shape index (κ3) is 2.40. The van der Waals surface area contributed by atoms with Gasteiger partial charge in [0.1, 0.15) is 5.65 Å². The SMILES string of the molecule is Cc1cn2cccc(C(=O)NCc3ccccc3)c2n1. The fourth-order valence-corrected chi connectivity index (χ4v) is 2.19. The van der Waals surface area contributed by atoms with E-state index in [1.807, 2.05) is 60.1 Å². The largest absolute Gasteiger partial charge is 0.348 e. The van der Waals surface area contributed by atoms with E-state index in [0.717, 1.165) is 11.3 Å². The van der Waals surface area contributed by atoms with Gasteiger partial charge in [-0.25, -0.2) is 4.98 Å². The molecular weight excluding hydrogens is 250 g/mol. The van der Waals surface area contributed by atoms with Crippen LogP contribution in [0.5, 0.6) is 0 Å². The van der Waals surface area contributed by atoms with Crippen LogP contribution < -0.4 is 5.32 Å². The van der Waals surface area contributed by atoms with Crippen molar-refractivity contribution in [3.05, 3.63) is 71.7 Å². The van der Waals surface area contributed by atoms with E-state index in [4.69, 9.17) is 0 Å². The Morgan fingerprint density at radius 1 is 1.20 bits per heavy atom. The first-order valence-electron chi connectivity index (χ1n) is 6.50. The van der Waals surface area contributed by atoms with Crippen molar-refractivity contribution in [3.63, 3.8) is 0 Å². The molecule has 1 amide bonds. The quantitative estimate of drug-likeness (QED) is 0.791. The van der Waals surface area contributed by atoms with Gasteiger partial charge in [0.2, 0.25) is 0 Å². The number of rotatable bonds is 3. The van der Waals surface area contributed by atoms with Gasteiger partial charge in [-0.1, -0.05) is 30.3 Å². The molecule has 0 spiro atoms. The van der Waals surface area contributed by atoms with E-state index < -0.39 is 0 Å². The average molecular weight is 265 g/mol. The summed E-state index contributed by atoms with van der Waals surface area (Å²) in [6.45, 7) is 2.43. The third-order valence-corrected chi connectivity index (χ3v) is 3.14. The topological polar surface area (TPSA) is 46.4 Å². The third-order valence-electron chi connectivity index (χ3n) is 3.14. The highest BCUT2D eigenvalue weighted by molar-refractivity contribution is 5.99. The van der Waals surface area contributed by atoms with Gasteiger partial charge in [0.25, 0.3) is 5.91 Å². The predicted molar refractivity (Wildman–Crippen MR) is 77.5 cm³/mol. The first kappa shape index (κ1) is 12.4. The first-order chi connectivity index (χ1) is 9.74. The highest BCUT2D eigenvalue weighted by Gasteiger charge is 2.11. The molecule has 2 aromatic heterocycles. The molecule has 0 fully saturated rings. The molecule has 0 saturated carbocycles. The molecular formula is C16H15N3O. The fraction of sp³-hybridized carbons (Fsp3) is 0.125. The van der Waals surface area contributed by atoms with E-state index in [0.29, 0.717) is 17.8 Å². The lowest BCUT2D eigenvalue weighted by molar-refractivity contribution is 0.0952. The Balaban J connectivity index is 1.82. The standard InChI is InChI=1S/C16H15N3O/c1-12-11-19-9-5-8-14(15(19)18-12)16(20)17-10-13-6-3-2-4-7-13/h2-9,11H,10H2,1H3,(H,17,20). The van der Waals surface area contributed by atoms with Gasteiger partial charge in [-0.3, -0.25) is 4.79 Å². The molecule has 1 aromatic carbocycles. The summed E-state index contributed by atoms with van der Waals surface area (Å²) in [5.74, 6) is -0.106. The van der Waals surface area contributed by atoms with E-state index in [2.05, 4.69) is 10.3 Å². The predicted octanol–water partition coefficient (Wildman–Crippen LogP) is 2.57. The number of benzene rings is 1. The average Bonchev–Trinajstić information content (AvgIpc) is 2.85. The van der Waals surface area contributed by atoms with E-state index in [9.17, 15) is 4.79 Å². The molecule has 1 N–H and O–H groups in total. The number of amides is 1. The van der Waals surface area contributed by atoms with Gasteiger partial charge >= 0.3 is 0 Å². The summed E-state index contributed by atoms with van der Waals surface area (Å²) in [7, 11) is 0. The summed E-state index contributed by atoms with van der Waals surface area (Å²) in [6, 6.07) is 13.5. The van der Waals surface area contributed by atoms with Crippen LogP contribution in [0.25, 0.3) is 5.65 Å². The van der Waals surface area contributed by atoms with Crippen LogP contribution in [0.1, 0.15) is 21.6 Å². The lowest BCUT2D eigenvalue weighted by Gasteiger charge is -2.06. The maximum atomic E-state index is 12.3. The molecule has 100 valence electrons. The van der Waals surface area contributed by atoms with Crippen LogP contribution in [0.15, 0.2) is 54.9 Å². The number of carbonyl (C=O) groups excluding carboxylic acids is 1. The molecule has 20 heavy (non-hydrogen) atoms. The second kappa shape index (κ2) is 5.17. The van der Waals surface area contributed by atoms with Gasteiger partial charge < -0.3 is 9.72 Å². The van der Waals surface area contributed by atoms with Crippen LogP contribution in [0.4, 0.5) is 0 Å². The fourth-order valence-electron chi connectivity index (χ4n) is 2.19. The minimum absolute atomic E-state index is 0.106. The van der Waals surface area contributed by atoms with Crippen molar-refractivity contribution < 1.29 is 4.79 Å². The van der Waals surface area contributed by atoms with Crippen LogP contribution in [-0.2, 0) is 6.54 Å². The molecule has 0 aliphatic carbocycles. The van der Waals surface area contributed by atoms with E-state index in [-0.39, 0.29) is 5.91 Å². The molecule has 0 bridgehead atoms. The number of hydrogen-bond acceptors (Lipinski definition) is 2. The Kier molecular flexibility index (Phi) is 3.21.